The molecule has 0 amide bonds. The number of rotatable bonds is 9. The molecule has 0 aliphatic rings. The average Bonchev–Trinajstić information content (AvgIpc) is 2.55. The Hall–Kier alpha value is -1.69. The van der Waals surface area contributed by atoms with Crippen molar-refractivity contribution in [2.24, 2.45) is 0 Å². The van der Waals surface area contributed by atoms with Gasteiger partial charge in [-0.05, 0) is 23.1 Å². The van der Waals surface area contributed by atoms with Crippen LogP contribution in [0.15, 0.2) is 54.6 Å². The first-order valence-electron chi connectivity index (χ1n) is 7.76. The van der Waals surface area contributed by atoms with Gasteiger partial charge in [-0.2, -0.15) is 0 Å². The van der Waals surface area contributed by atoms with Crippen LogP contribution in [0, 0.1) is 0 Å². The molecule has 2 aromatic carbocycles. The second kappa shape index (κ2) is 8.82. The highest BCUT2D eigenvalue weighted by Gasteiger charge is 2.10. The van der Waals surface area contributed by atoms with Gasteiger partial charge < -0.3 is 4.74 Å². The van der Waals surface area contributed by atoms with E-state index in [1.54, 1.807) is 0 Å². The molecule has 0 atom stereocenters. The van der Waals surface area contributed by atoms with E-state index >= 15 is 0 Å². The van der Waals surface area contributed by atoms with E-state index in [0.29, 0.717) is 26.2 Å². The second-order valence-corrected chi connectivity index (χ2v) is 7.31. The van der Waals surface area contributed by atoms with Crippen molar-refractivity contribution in [3.8, 4) is 0 Å². The van der Waals surface area contributed by atoms with Crippen molar-refractivity contribution in [3.05, 3.63) is 71.3 Å². The fourth-order valence-corrected chi connectivity index (χ4v) is 3.31. The van der Waals surface area contributed by atoms with Crippen LogP contribution in [0.4, 0.5) is 0 Å². The quantitative estimate of drug-likeness (QED) is 0.766. The van der Waals surface area contributed by atoms with Crippen molar-refractivity contribution in [2.75, 3.05) is 5.75 Å². The largest absolute Gasteiger partial charge is 0.372 e. The summed E-state index contributed by atoms with van der Waals surface area (Å²) in [6.45, 7) is 3.15. The number of sulfonamides is 1. The minimum atomic E-state index is -3.20. The van der Waals surface area contributed by atoms with Gasteiger partial charge >= 0.3 is 0 Å². The molecular formula is C18H23NO3S. The molecule has 0 bridgehead atoms. The number of benzene rings is 2. The van der Waals surface area contributed by atoms with E-state index < -0.39 is 10.0 Å². The highest BCUT2D eigenvalue weighted by Crippen LogP contribution is 2.12. The molecule has 0 aliphatic heterocycles. The summed E-state index contributed by atoms with van der Waals surface area (Å²) in [5.41, 5.74) is 3.07. The first-order valence-corrected chi connectivity index (χ1v) is 9.42. The average molecular weight is 333 g/mol. The summed E-state index contributed by atoms with van der Waals surface area (Å²) in [5.74, 6) is 0.152. The molecule has 0 unspecified atom stereocenters. The van der Waals surface area contributed by atoms with Gasteiger partial charge in [0, 0.05) is 6.54 Å². The first-order chi connectivity index (χ1) is 11.1. The molecular weight excluding hydrogens is 310 g/mol. The molecule has 0 saturated heterocycles. The van der Waals surface area contributed by atoms with Crippen LogP contribution in [0.3, 0.4) is 0 Å². The molecule has 0 radical (unpaired) electrons. The van der Waals surface area contributed by atoms with Crippen LogP contribution in [0.1, 0.15) is 30.0 Å². The third-order valence-corrected chi connectivity index (χ3v) is 4.97. The van der Waals surface area contributed by atoms with Crippen LogP contribution >= 0.6 is 0 Å². The van der Waals surface area contributed by atoms with Gasteiger partial charge in [-0.3, -0.25) is 0 Å². The van der Waals surface area contributed by atoms with Gasteiger partial charge in [0.25, 0.3) is 0 Å². The number of hydrogen-bond acceptors (Lipinski definition) is 3. The maximum Gasteiger partial charge on any atom is 0.211 e. The normalized spacial score (nSPS) is 11.5. The lowest BCUT2D eigenvalue weighted by molar-refractivity contribution is 0.106. The van der Waals surface area contributed by atoms with Crippen LogP contribution in [0.25, 0.3) is 0 Å². The second-order valence-electron chi connectivity index (χ2n) is 5.39. The Balaban J connectivity index is 1.92. The van der Waals surface area contributed by atoms with Gasteiger partial charge in [-0.25, -0.2) is 13.1 Å². The van der Waals surface area contributed by atoms with E-state index in [0.717, 1.165) is 16.7 Å². The maximum absolute atomic E-state index is 11.8. The first kappa shape index (κ1) is 17.7. The van der Waals surface area contributed by atoms with E-state index in [1.807, 2.05) is 61.5 Å². The van der Waals surface area contributed by atoms with Gasteiger partial charge in [0.1, 0.15) is 0 Å². The lowest BCUT2D eigenvalue weighted by Gasteiger charge is -2.11. The van der Waals surface area contributed by atoms with E-state index in [9.17, 15) is 8.42 Å². The Morgan fingerprint density at radius 2 is 1.57 bits per heavy atom. The van der Waals surface area contributed by atoms with Gasteiger partial charge in [-0.15, -0.1) is 0 Å². The van der Waals surface area contributed by atoms with Gasteiger partial charge in [0.05, 0.1) is 19.0 Å². The summed E-state index contributed by atoms with van der Waals surface area (Å²) in [6, 6.07) is 17.7. The smallest absolute Gasteiger partial charge is 0.211 e. The Bertz CT molecular complexity index is 699. The molecule has 0 aliphatic carbocycles. The van der Waals surface area contributed by atoms with E-state index in [4.69, 9.17) is 4.74 Å². The zero-order valence-corrected chi connectivity index (χ0v) is 14.2. The summed E-state index contributed by atoms with van der Waals surface area (Å²) < 4.78 is 31.9. The summed E-state index contributed by atoms with van der Waals surface area (Å²) >= 11 is 0. The predicted octanol–water partition coefficient (Wildman–Crippen LogP) is 3.23. The van der Waals surface area contributed by atoms with E-state index in [-0.39, 0.29) is 5.75 Å². The number of ether oxygens (including phenoxy) is 1. The zero-order valence-electron chi connectivity index (χ0n) is 13.4. The van der Waals surface area contributed by atoms with Crippen molar-refractivity contribution in [3.63, 3.8) is 0 Å². The molecule has 2 rings (SSSR count). The summed E-state index contributed by atoms with van der Waals surface area (Å²) in [7, 11) is -3.20. The monoisotopic (exact) mass is 333 g/mol. The van der Waals surface area contributed by atoms with Crippen molar-refractivity contribution in [2.45, 2.75) is 33.1 Å². The lowest BCUT2D eigenvalue weighted by Crippen LogP contribution is -2.26. The van der Waals surface area contributed by atoms with Crippen LogP contribution in [-0.2, 0) is 34.5 Å². The van der Waals surface area contributed by atoms with Crippen LogP contribution in [0.2, 0.25) is 0 Å². The Labute approximate surface area is 138 Å². The predicted molar refractivity (Wildman–Crippen MR) is 92.3 cm³/mol. The van der Waals surface area contributed by atoms with Gasteiger partial charge in [0.2, 0.25) is 10.0 Å². The van der Waals surface area contributed by atoms with Crippen LogP contribution in [0.5, 0.6) is 0 Å². The standard InChI is InChI=1S/C18H23NO3S/c1-2-12-23(20,21)19-13-17-10-6-7-11-18(17)15-22-14-16-8-4-3-5-9-16/h3-11,19H,2,12-15H2,1H3. The number of hydrogen-bond donors (Lipinski definition) is 1. The molecule has 124 valence electrons. The molecule has 0 aromatic heterocycles. The van der Waals surface area contributed by atoms with Gasteiger partial charge in [-0.1, -0.05) is 61.5 Å². The van der Waals surface area contributed by atoms with E-state index in [2.05, 4.69) is 4.72 Å². The third kappa shape index (κ3) is 6.14. The van der Waals surface area contributed by atoms with E-state index in [1.165, 1.54) is 0 Å². The topological polar surface area (TPSA) is 55.4 Å². The number of nitrogens with one attached hydrogen (secondary N) is 1. The lowest BCUT2D eigenvalue weighted by atomic mass is 10.1. The molecule has 0 heterocycles. The van der Waals surface area contributed by atoms with Crippen molar-refractivity contribution < 1.29 is 13.2 Å². The third-order valence-electron chi connectivity index (χ3n) is 3.44. The van der Waals surface area contributed by atoms with Crippen LogP contribution < -0.4 is 4.72 Å². The fraction of sp³-hybridized carbons (Fsp3) is 0.333. The SMILES string of the molecule is CCCS(=O)(=O)NCc1ccccc1COCc1ccccc1. The Morgan fingerprint density at radius 3 is 2.26 bits per heavy atom. The van der Waals surface area contributed by atoms with Crippen LogP contribution in [-0.4, -0.2) is 14.2 Å². The van der Waals surface area contributed by atoms with Crippen molar-refractivity contribution in [1.82, 2.24) is 4.72 Å². The Morgan fingerprint density at radius 1 is 0.913 bits per heavy atom. The highest BCUT2D eigenvalue weighted by molar-refractivity contribution is 7.89. The maximum atomic E-state index is 11.8. The molecule has 1 N–H and O–H groups in total. The fourth-order valence-electron chi connectivity index (χ4n) is 2.25. The molecule has 4 nitrogen and oxygen atoms in total. The Kier molecular flexibility index (Phi) is 6.77. The molecule has 0 saturated carbocycles. The molecule has 23 heavy (non-hydrogen) atoms. The summed E-state index contributed by atoms with van der Waals surface area (Å²) in [4.78, 5) is 0. The van der Waals surface area contributed by atoms with Gasteiger partial charge in [0.15, 0.2) is 0 Å². The zero-order chi connectivity index (χ0) is 16.5. The van der Waals surface area contributed by atoms with Crippen molar-refractivity contribution in [1.29, 1.82) is 0 Å². The molecule has 2 aromatic rings. The summed E-state index contributed by atoms with van der Waals surface area (Å²) in [6.07, 6.45) is 0.608. The molecule has 0 fully saturated rings. The van der Waals surface area contributed by atoms with Crippen molar-refractivity contribution >= 4 is 10.0 Å². The summed E-state index contributed by atoms with van der Waals surface area (Å²) in [5, 5.41) is 0. The molecule has 5 heteroatoms. The minimum Gasteiger partial charge on any atom is -0.372 e. The highest BCUT2D eigenvalue weighted by atomic mass is 32.2. The minimum absolute atomic E-state index is 0.152. The molecule has 0 spiro atoms.